The summed E-state index contributed by atoms with van der Waals surface area (Å²) in [5.74, 6) is -0.941. The van der Waals surface area contributed by atoms with Crippen molar-refractivity contribution in [1.82, 2.24) is 0 Å². The van der Waals surface area contributed by atoms with E-state index in [1.807, 2.05) is 0 Å². The van der Waals surface area contributed by atoms with Crippen LogP contribution in [-0.4, -0.2) is 65.7 Å². The van der Waals surface area contributed by atoms with Crippen LogP contribution >= 0.6 is 7.82 Å². The van der Waals surface area contributed by atoms with Gasteiger partial charge in [-0.15, -0.1) is 0 Å². The van der Waals surface area contributed by atoms with E-state index >= 15 is 0 Å². The Hall–Kier alpha value is -1.29. The van der Waals surface area contributed by atoms with Gasteiger partial charge >= 0.3 is 19.8 Å². The molecule has 3 N–H and O–H groups in total. The Bertz CT molecular complexity index is 1140. The summed E-state index contributed by atoms with van der Waals surface area (Å²) >= 11 is 0. The first kappa shape index (κ1) is 66.7. The van der Waals surface area contributed by atoms with Gasteiger partial charge in [-0.1, -0.05) is 270 Å². The van der Waals surface area contributed by atoms with Gasteiger partial charge < -0.3 is 24.6 Å². The largest absolute Gasteiger partial charge is 0.472 e. The molecule has 0 saturated heterocycles. The molecule has 1 unspecified atom stereocenters. The van der Waals surface area contributed by atoms with Crippen molar-refractivity contribution >= 4 is 19.8 Å². The number of ether oxygens (including phenoxy) is 2. The van der Waals surface area contributed by atoms with Crippen molar-refractivity contribution in [2.75, 3.05) is 26.4 Å². The topological polar surface area (TPSA) is 149 Å². The molecule has 0 amide bonds. The number of allylic oxidation sites excluding steroid dienone is 2. The summed E-state index contributed by atoms with van der Waals surface area (Å²) in [7, 11) is -4.63. The van der Waals surface area contributed by atoms with Crippen LogP contribution in [0.5, 0.6) is 0 Å². The molecule has 0 radical (unpaired) electrons. The zero-order valence-corrected chi connectivity index (χ0v) is 45.5. The van der Waals surface area contributed by atoms with Crippen molar-refractivity contribution in [3.63, 3.8) is 0 Å². The van der Waals surface area contributed by atoms with Gasteiger partial charge in [-0.3, -0.25) is 18.6 Å². The van der Waals surface area contributed by atoms with Gasteiger partial charge in [-0.05, 0) is 32.1 Å². The standard InChI is InChI=1S/C57H111O10P/c1-3-5-7-9-11-13-15-17-19-21-23-25-27-29-30-32-34-36-38-40-42-44-46-48-56(60)64-52-55(53-66-68(62,63)65-51-54(59)50-58)67-57(61)49-47-45-43-41-39-37-35-33-31-28-26-24-22-20-18-16-14-12-10-8-6-4-2/h40,42,54-55,58-59H,3-39,41,43-53H2,1-2H3,(H,62,63)/b42-40+/t54-,55+/m0/s1. The van der Waals surface area contributed by atoms with E-state index in [0.717, 1.165) is 32.1 Å². The molecule has 10 nitrogen and oxygen atoms in total. The highest BCUT2D eigenvalue weighted by atomic mass is 31.2. The number of hydrogen-bond acceptors (Lipinski definition) is 9. The quantitative estimate of drug-likeness (QED) is 0.0233. The van der Waals surface area contributed by atoms with E-state index in [9.17, 15) is 24.2 Å². The van der Waals surface area contributed by atoms with Gasteiger partial charge in [0, 0.05) is 12.8 Å². The number of aliphatic hydroxyl groups excluding tert-OH is 2. The van der Waals surface area contributed by atoms with Crippen LogP contribution in [0.4, 0.5) is 0 Å². The van der Waals surface area contributed by atoms with Gasteiger partial charge in [0.15, 0.2) is 6.10 Å². The maximum Gasteiger partial charge on any atom is 0.472 e. The minimum atomic E-state index is -4.63. The highest BCUT2D eigenvalue weighted by Crippen LogP contribution is 2.43. The van der Waals surface area contributed by atoms with Crippen LogP contribution in [0, 0.1) is 0 Å². The maximum absolute atomic E-state index is 12.7. The average Bonchev–Trinajstić information content (AvgIpc) is 3.33. The van der Waals surface area contributed by atoms with E-state index in [4.69, 9.17) is 23.6 Å². The van der Waals surface area contributed by atoms with Crippen LogP contribution < -0.4 is 0 Å². The van der Waals surface area contributed by atoms with Gasteiger partial charge in [0.1, 0.15) is 12.7 Å². The second kappa shape index (κ2) is 53.5. The molecule has 0 aliphatic heterocycles. The summed E-state index contributed by atoms with van der Waals surface area (Å²) in [4.78, 5) is 35.3. The number of unbranched alkanes of at least 4 members (excludes halogenated alkanes) is 40. The monoisotopic (exact) mass is 987 g/mol. The minimum absolute atomic E-state index is 0.186. The number of phosphoric acid groups is 1. The molecule has 0 spiro atoms. The van der Waals surface area contributed by atoms with Gasteiger partial charge in [-0.2, -0.15) is 0 Å². The summed E-state index contributed by atoms with van der Waals surface area (Å²) in [6.45, 7) is 2.44. The van der Waals surface area contributed by atoms with Gasteiger partial charge in [0.25, 0.3) is 0 Å². The number of esters is 2. The number of hydrogen-bond donors (Lipinski definition) is 3. The van der Waals surface area contributed by atoms with Crippen LogP contribution in [0.25, 0.3) is 0 Å². The normalized spacial score (nSPS) is 13.5. The second-order valence-corrected chi connectivity index (χ2v) is 21.5. The Labute approximate surface area is 419 Å². The van der Waals surface area contributed by atoms with E-state index < -0.39 is 51.8 Å². The number of rotatable bonds is 56. The lowest BCUT2D eigenvalue weighted by Gasteiger charge is -2.20. The molecule has 404 valence electrons. The summed E-state index contributed by atoms with van der Waals surface area (Å²) in [6, 6.07) is 0. The van der Waals surface area contributed by atoms with E-state index in [1.54, 1.807) is 0 Å². The number of phosphoric ester groups is 1. The summed E-state index contributed by atoms with van der Waals surface area (Å²) in [5.41, 5.74) is 0. The zero-order valence-electron chi connectivity index (χ0n) is 44.6. The molecule has 0 aliphatic carbocycles. The predicted molar refractivity (Wildman–Crippen MR) is 284 cm³/mol. The minimum Gasteiger partial charge on any atom is -0.462 e. The highest BCUT2D eigenvalue weighted by Gasteiger charge is 2.27. The second-order valence-electron chi connectivity index (χ2n) is 20.0. The molecule has 0 saturated carbocycles. The molecular weight excluding hydrogens is 876 g/mol. The maximum atomic E-state index is 12.7. The molecule has 68 heavy (non-hydrogen) atoms. The fourth-order valence-corrected chi connectivity index (χ4v) is 9.50. The first-order valence-electron chi connectivity index (χ1n) is 29.1. The third-order valence-electron chi connectivity index (χ3n) is 13.2. The van der Waals surface area contributed by atoms with Crippen LogP contribution in [0.15, 0.2) is 12.2 Å². The molecule has 3 atom stereocenters. The molecule has 0 aromatic rings. The van der Waals surface area contributed by atoms with E-state index in [0.29, 0.717) is 12.8 Å². The first-order chi connectivity index (χ1) is 33.2. The van der Waals surface area contributed by atoms with Crippen molar-refractivity contribution in [3.8, 4) is 0 Å². The SMILES string of the molecule is CCCCCCCCCCCCCCCCCCCC/C=C/CCCC(=O)OC[C@H](COP(=O)(O)OC[C@@H](O)CO)OC(=O)CCCCCCCCCCCCCCCCCCCCCCCC. The lowest BCUT2D eigenvalue weighted by atomic mass is 10.0. The number of carbonyl (C=O) groups excluding carboxylic acids is 2. The van der Waals surface area contributed by atoms with Crippen molar-refractivity contribution in [2.45, 2.75) is 315 Å². The van der Waals surface area contributed by atoms with E-state index in [-0.39, 0.29) is 19.4 Å². The van der Waals surface area contributed by atoms with Gasteiger partial charge in [0.05, 0.1) is 19.8 Å². The average molecular weight is 987 g/mol. The Kier molecular flexibility index (Phi) is 52.5. The van der Waals surface area contributed by atoms with Crippen LogP contribution in [0.1, 0.15) is 303 Å². The van der Waals surface area contributed by atoms with Crippen LogP contribution in [0.2, 0.25) is 0 Å². The molecule has 0 bridgehead atoms. The number of aliphatic hydroxyl groups is 2. The van der Waals surface area contributed by atoms with Crippen molar-refractivity contribution < 1.29 is 47.8 Å². The Morgan fingerprint density at radius 1 is 0.426 bits per heavy atom. The lowest BCUT2D eigenvalue weighted by molar-refractivity contribution is -0.161. The summed E-state index contributed by atoms with van der Waals surface area (Å²) in [5, 5.41) is 18.4. The first-order valence-corrected chi connectivity index (χ1v) is 30.6. The fraction of sp³-hybridized carbons (Fsp3) is 0.930. The molecule has 0 fully saturated rings. The molecule has 0 aromatic heterocycles. The Morgan fingerprint density at radius 2 is 0.735 bits per heavy atom. The van der Waals surface area contributed by atoms with Gasteiger partial charge in [0.2, 0.25) is 0 Å². The third-order valence-corrected chi connectivity index (χ3v) is 14.1. The smallest absolute Gasteiger partial charge is 0.462 e. The Balaban J connectivity index is 4.08. The molecule has 11 heteroatoms. The van der Waals surface area contributed by atoms with Crippen LogP contribution in [0.3, 0.4) is 0 Å². The van der Waals surface area contributed by atoms with Crippen molar-refractivity contribution in [1.29, 1.82) is 0 Å². The molecule has 0 heterocycles. The Morgan fingerprint density at radius 3 is 1.10 bits per heavy atom. The van der Waals surface area contributed by atoms with E-state index in [1.165, 1.54) is 231 Å². The van der Waals surface area contributed by atoms with Crippen molar-refractivity contribution in [2.24, 2.45) is 0 Å². The number of carbonyl (C=O) groups is 2. The molecule has 0 rings (SSSR count). The third kappa shape index (κ3) is 52.5. The fourth-order valence-electron chi connectivity index (χ4n) is 8.71. The predicted octanol–water partition coefficient (Wildman–Crippen LogP) is 17.1. The molecular formula is C57H111O10P. The summed E-state index contributed by atoms with van der Waals surface area (Å²) in [6.07, 6.45) is 57.8. The van der Waals surface area contributed by atoms with E-state index in [2.05, 4.69) is 26.0 Å². The molecule has 0 aliphatic rings. The molecule has 0 aromatic carbocycles. The van der Waals surface area contributed by atoms with Gasteiger partial charge in [-0.25, -0.2) is 4.57 Å². The summed E-state index contributed by atoms with van der Waals surface area (Å²) < 4.78 is 32.9. The lowest BCUT2D eigenvalue weighted by Crippen LogP contribution is -2.29. The van der Waals surface area contributed by atoms with Crippen molar-refractivity contribution in [3.05, 3.63) is 12.2 Å². The zero-order chi connectivity index (χ0) is 49.7. The highest BCUT2D eigenvalue weighted by molar-refractivity contribution is 7.47. The van der Waals surface area contributed by atoms with Crippen LogP contribution in [-0.2, 0) is 32.7 Å².